The van der Waals surface area contributed by atoms with Gasteiger partial charge in [0.25, 0.3) is 0 Å². The highest BCUT2D eigenvalue weighted by atomic mass is 16.7. The van der Waals surface area contributed by atoms with Gasteiger partial charge in [-0.3, -0.25) is 0 Å². The highest BCUT2D eigenvalue weighted by Gasteiger charge is 2.39. The summed E-state index contributed by atoms with van der Waals surface area (Å²) >= 11 is 0. The molecule has 1 heterocycles. The van der Waals surface area contributed by atoms with Gasteiger partial charge < -0.3 is 19.3 Å². The van der Waals surface area contributed by atoms with Crippen molar-refractivity contribution in [3.63, 3.8) is 0 Å². The van der Waals surface area contributed by atoms with Gasteiger partial charge >= 0.3 is 0 Å². The molecule has 4 nitrogen and oxygen atoms in total. The second-order valence-corrected chi connectivity index (χ2v) is 6.48. The quantitative estimate of drug-likeness (QED) is 0.664. The molecule has 3 atom stereocenters. The number of hydrogen-bond donors (Lipinski definition) is 1. The maximum Gasteiger partial charge on any atom is 0.168 e. The second kappa shape index (κ2) is 8.47. The SMILES string of the molecule is CCCCCC1(CC[C@@H]2CC(OCC)CC2O)OCCO1. The van der Waals surface area contributed by atoms with Crippen LogP contribution in [0.1, 0.15) is 65.2 Å². The minimum atomic E-state index is -0.376. The third kappa shape index (κ3) is 4.92. The zero-order valence-corrected chi connectivity index (χ0v) is 13.7. The summed E-state index contributed by atoms with van der Waals surface area (Å²) in [7, 11) is 0. The van der Waals surface area contributed by atoms with E-state index >= 15 is 0 Å². The van der Waals surface area contributed by atoms with Gasteiger partial charge in [-0.15, -0.1) is 0 Å². The molecule has 0 aromatic carbocycles. The average molecular weight is 300 g/mol. The molecule has 0 aromatic rings. The van der Waals surface area contributed by atoms with Crippen molar-refractivity contribution in [2.75, 3.05) is 19.8 Å². The molecule has 2 aliphatic rings. The molecule has 1 saturated heterocycles. The van der Waals surface area contributed by atoms with Crippen molar-refractivity contribution in [2.24, 2.45) is 5.92 Å². The van der Waals surface area contributed by atoms with Crippen LogP contribution in [-0.4, -0.2) is 42.9 Å². The predicted octanol–water partition coefficient (Wildman–Crippen LogP) is 3.27. The fourth-order valence-corrected chi connectivity index (χ4v) is 3.70. The molecule has 2 rings (SSSR count). The number of aliphatic hydroxyl groups is 1. The Morgan fingerprint density at radius 2 is 1.86 bits per heavy atom. The van der Waals surface area contributed by atoms with Crippen LogP contribution in [0.25, 0.3) is 0 Å². The smallest absolute Gasteiger partial charge is 0.168 e. The maximum atomic E-state index is 10.2. The van der Waals surface area contributed by atoms with E-state index in [4.69, 9.17) is 14.2 Å². The van der Waals surface area contributed by atoms with Crippen LogP contribution in [0, 0.1) is 5.92 Å². The van der Waals surface area contributed by atoms with E-state index in [2.05, 4.69) is 6.92 Å². The molecule has 2 fully saturated rings. The summed E-state index contributed by atoms with van der Waals surface area (Å²) in [6.45, 7) is 6.38. The Labute approximate surface area is 129 Å². The van der Waals surface area contributed by atoms with Crippen molar-refractivity contribution in [3.05, 3.63) is 0 Å². The topological polar surface area (TPSA) is 47.9 Å². The molecule has 0 radical (unpaired) electrons. The highest BCUT2D eigenvalue weighted by Crippen LogP contribution is 2.37. The van der Waals surface area contributed by atoms with Crippen molar-refractivity contribution in [1.82, 2.24) is 0 Å². The van der Waals surface area contributed by atoms with Gasteiger partial charge in [-0.1, -0.05) is 19.8 Å². The van der Waals surface area contributed by atoms with E-state index in [0.717, 1.165) is 45.1 Å². The van der Waals surface area contributed by atoms with E-state index in [-0.39, 0.29) is 18.0 Å². The number of rotatable bonds is 9. The van der Waals surface area contributed by atoms with Crippen LogP contribution in [0.2, 0.25) is 0 Å². The predicted molar refractivity (Wildman–Crippen MR) is 82.2 cm³/mol. The second-order valence-electron chi connectivity index (χ2n) is 6.48. The number of ether oxygens (including phenoxy) is 3. The van der Waals surface area contributed by atoms with Gasteiger partial charge in [0.05, 0.1) is 25.4 Å². The summed E-state index contributed by atoms with van der Waals surface area (Å²) < 4.78 is 17.5. The van der Waals surface area contributed by atoms with Gasteiger partial charge in [0.15, 0.2) is 5.79 Å². The minimum Gasteiger partial charge on any atom is -0.393 e. The van der Waals surface area contributed by atoms with Crippen molar-refractivity contribution in [1.29, 1.82) is 0 Å². The maximum absolute atomic E-state index is 10.2. The monoisotopic (exact) mass is 300 g/mol. The standard InChI is InChI=1S/C17H32O4/c1-3-5-6-8-17(20-10-11-21-17)9-7-14-12-15(19-4-2)13-16(14)18/h14-16,18H,3-13H2,1-2H3/t14-,15?,16?/m1/s1. The van der Waals surface area contributed by atoms with E-state index in [1.807, 2.05) is 6.92 Å². The van der Waals surface area contributed by atoms with Gasteiger partial charge in [0.1, 0.15) is 0 Å². The Bertz CT molecular complexity index is 289. The Morgan fingerprint density at radius 1 is 1.10 bits per heavy atom. The molecule has 1 N–H and O–H groups in total. The van der Waals surface area contributed by atoms with Crippen LogP contribution in [-0.2, 0) is 14.2 Å². The summed E-state index contributed by atoms with van der Waals surface area (Å²) in [6, 6.07) is 0. The van der Waals surface area contributed by atoms with Crippen LogP contribution in [0.3, 0.4) is 0 Å². The van der Waals surface area contributed by atoms with Gasteiger partial charge in [0, 0.05) is 19.4 Å². The molecule has 0 aromatic heterocycles. The number of aliphatic hydroxyl groups excluding tert-OH is 1. The van der Waals surface area contributed by atoms with E-state index in [1.165, 1.54) is 12.8 Å². The zero-order valence-electron chi connectivity index (χ0n) is 13.7. The molecule has 124 valence electrons. The van der Waals surface area contributed by atoms with Gasteiger partial charge in [-0.25, -0.2) is 0 Å². The molecule has 1 saturated carbocycles. The number of unbranched alkanes of at least 4 members (excludes halogenated alkanes) is 2. The first-order chi connectivity index (χ1) is 10.2. The van der Waals surface area contributed by atoms with Gasteiger partial charge in [0.2, 0.25) is 0 Å². The lowest BCUT2D eigenvalue weighted by Gasteiger charge is -2.29. The molecule has 0 amide bonds. The molecule has 4 heteroatoms. The molecule has 0 bridgehead atoms. The Balaban J connectivity index is 1.79. The van der Waals surface area contributed by atoms with E-state index in [9.17, 15) is 5.11 Å². The first-order valence-corrected chi connectivity index (χ1v) is 8.76. The minimum absolute atomic E-state index is 0.226. The van der Waals surface area contributed by atoms with E-state index < -0.39 is 0 Å². The molecule has 21 heavy (non-hydrogen) atoms. The lowest BCUT2D eigenvalue weighted by atomic mass is 9.93. The van der Waals surface area contributed by atoms with Gasteiger partial charge in [-0.2, -0.15) is 0 Å². The Morgan fingerprint density at radius 3 is 2.52 bits per heavy atom. The normalized spacial score (nSPS) is 31.9. The van der Waals surface area contributed by atoms with E-state index in [0.29, 0.717) is 19.1 Å². The lowest BCUT2D eigenvalue weighted by Crippen LogP contribution is -2.31. The fourth-order valence-electron chi connectivity index (χ4n) is 3.70. The lowest BCUT2D eigenvalue weighted by molar-refractivity contribution is -0.171. The Hall–Kier alpha value is -0.160. The van der Waals surface area contributed by atoms with Crippen molar-refractivity contribution in [2.45, 2.75) is 83.2 Å². The van der Waals surface area contributed by atoms with Crippen LogP contribution < -0.4 is 0 Å². The molecular weight excluding hydrogens is 268 g/mol. The summed E-state index contributed by atoms with van der Waals surface area (Å²) in [6.07, 6.45) is 8.22. The first kappa shape index (κ1) is 17.2. The summed E-state index contributed by atoms with van der Waals surface area (Å²) in [5.41, 5.74) is 0. The van der Waals surface area contributed by atoms with Crippen molar-refractivity contribution >= 4 is 0 Å². The third-order valence-electron chi connectivity index (χ3n) is 4.89. The molecule has 1 aliphatic heterocycles. The average Bonchev–Trinajstić information content (AvgIpc) is 3.05. The first-order valence-electron chi connectivity index (χ1n) is 8.76. The van der Waals surface area contributed by atoms with Crippen LogP contribution in [0.4, 0.5) is 0 Å². The van der Waals surface area contributed by atoms with Crippen molar-refractivity contribution < 1.29 is 19.3 Å². The number of hydrogen-bond acceptors (Lipinski definition) is 4. The van der Waals surface area contributed by atoms with Crippen LogP contribution >= 0.6 is 0 Å². The summed E-state index contributed by atoms with van der Waals surface area (Å²) in [4.78, 5) is 0. The van der Waals surface area contributed by atoms with Crippen LogP contribution in [0.15, 0.2) is 0 Å². The largest absolute Gasteiger partial charge is 0.393 e. The Kier molecular flexibility index (Phi) is 6.93. The summed E-state index contributed by atoms with van der Waals surface area (Å²) in [5.74, 6) is -0.0455. The zero-order chi connectivity index (χ0) is 15.1. The van der Waals surface area contributed by atoms with Crippen LogP contribution in [0.5, 0.6) is 0 Å². The highest BCUT2D eigenvalue weighted by molar-refractivity contribution is 4.86. The molecule has 1 aliphatic carbocycles. The fraction of sp³-hybridized carbons (Fsp3) is 1.00. The third-order valence-corrected chi connectivity index (χ3v) is 4.89. The van der Waals surface area contributed by atoms with Gasteiger partial charge in [-0.05, 0) is 38.5 Å². The van der Waals surface area contributed by atoms with Crippen molar-refractivity contribution in [3.8, 4) is 0 Å². The molecular formula is C17H32O4. The van der Waals surface area contributed by atoms with E-state index in [1.54, 1.807) is 0 Å². The molecule has 0 spiro atoms. The summed E-state index contributed by atoms with van der Waals surface area (Å²) in [5, 5.41) is 10.2. The molecule has 2 unspecified atom stereocenters.